The third-order valence-corrected chi connectivity index (χ3v) is 7.84. The molecule has 0 unspecified atom stereocenters. The Balaban J connectivity index is 1.29. The molecule has 1 fully saturated rings. The predicted octanol–water partition coefficient (Wildman–Crippen LogP) is 7.84. The van der Waals surface area contributed by atoms with E-state index in [9.17, 15) is 9.59 Å². The molecule has 0 aliphatic carbocycles. The van der Waals surface area contributed by atoms with E-state index in [0.717, 1.165) is 49.0 Å². The van der Waals surface area contributed by atoms with Gasteiger partial charge in [-0.3, -0.25) is 14.5 Å². The van der Waals surface area contributed by atoms with Crippen LogP contribution in [-0.2, 0) is 17.9 Å². The molecule has 0 saturated carbocycles. The zero-order chi connectivity index (χ0) is 24.6. The SMILES string of the molecule is O=C1S/C(=C\c2cn(Cc3ccc(Br)cc3)c3ccccc23)C(=O)N1Cc1ccc2ccccc2c1. The van der Waals surface area contributed by atoms with Crippen molar-refractivity contribution in [1.82, 2.24) is 9.47 Å². The summed E-state index contributed by atoms with van der Waals surface area (Å²) in [5, 5.41) is 3.04. The van der Waals surface area contributed by atoms with E-state index in [-0.39, 0.29) is 17.7 Å². The van der Waals surface area contributed by atoms with Gasteiger partial charge in [0.1, 0.15) is 0 Å². The van der Waals surface area contributed by atoms with E-state index in [1.165, 1.54) is 10.5 Å². The number of nitrogens with zero attached hydrogens (tertiary/aromatic N) is 2. The molecular formula is C30H21BrN2O2S. The molecule has 6 heteroatoms. The molecule has 176 valence electrons. The third kappa shape index (κ3) is 4.38. The van der Waals surface area contributed by atoms with Crippen LogP contribution in [0.3, 0.4) is 0 Å². The van der Waals surface area contributed by atoms with Gasteiger partial charge in [-0.15, -0.1) is 0 Å². The first-order chi connectivity index (χ1) is 17.5. The number of halogens is 1. The van der Waals surface area contributed by atoms with Crippen LogP contribution < -0.4 is 0 Å². The van der Waals surface area contributed by atoms with Crippen LogP contribution in [0, 0.1) is 0 Å². The largest absolute Gasteiger partial charge is 0.342 e. The van der Waals surface area contributed by atoms with Gasteiger partial charge in [0.2, 0.25) is 0 Å². The second-order valence-electron chi connectivity index (χ2n) is 8.81. The first kappa shape index (κ1) is 22.8. The number of thioether (sulfide) groups is 1. The monoisotopic (exact) mass is 552 g/mol. The quantitative estimate of drug-likeness (QED) is 0.208. The van der Waals surface area contributed by atoms with Gasteiger partial charge in [-0.05, 0) is 64.0 Å². The van der Waals surface area contributed by atoms with Crippen molar-refractivity contribution in [2.75, 3.05) is 0 Å². The molecule has 2 heterocycles. The molecule has 1 aromatic heterocycles. The van der Waals surface area contributed by atoms with Gasteiger partial charge >= 0.3 is 0 Å². The van der Waals surface area contributed by atoms with Crippen molar-refractivity contribution in [2.24, 2.45) is 0 Å². The lowest BCUT2D eigenvalue weighted by Crippen LogP contribution is -2.27. The maximum Gasteiger partial charge on any atom is 0.293 e. The minimum atomic E-state index is -0.247. The van der Waals surface area contributed by atoms with Crippen LogP contribution in [0.2, 0.25) is 0 Å². The Morgan fingerprint density at radius 2 is 1.50 bits per heavy atom. The number of imide groups is 1. The normalized spacial score (nSPS) is 15.0. The van der Waals surface area contributed by atoms with Crippen molar-refractivity contribution in [1.29, 1.82) is 0 Å². The van der Waals surface area contributed by atoms with E-state index >= 15 is 0 Å². The summed E-state index contributed by atoms with van der Waals surface area (Å²) in [5.41, 5.74) is 4.13. The highest BCUT2D eigenvalue weighted by Gasteiger charge is 2.35. The van der Waals surface area contributed by atoms with Crippen molar-refractivity contribution >= 4 is 66.6 Å². The van der Waals surface area contributed by atoms with Crippen LogP contribution in [0.15, 0.2) is 107 Å². The standard InChI is InChI=1S/C30H21BrN2O2S/c31-25-13-10-20(11-14-25)17-32-19-24(26-7-3-4-8-27(26)32)16-28-29(34)33(30(35)36-28)18-21-9-12-22-5-1-2-6-23(22)15-21/h1-16,19H,17-18H2/b28-16-. The van der Waals surface area contributed by atoms with Crippen LogP contribution in [0.25, 0.3) is 27.8 Å². The van der Waals surface area contributed by atoms with E-state index in [1.807, 2.05) is 66.7 Å². The molecule has 0 radical (unpaired) electrons. The summed E-state index contributed by atoms with van der Waals surface area (Å²) in [6.45, 7) is 0.975. The molecule has 5 aromatic rings. The van der Waals surface area contributed by atoms with Crippen molar-refractivity contribution < 1.29 is 9.59 Å². The first-order valence-corrected chi connectivity index (χ1v) is 13.2. The smallest absolute Gasteiger partial charge is 0.293 e. The van der Waals surface area contributed by atoms with Gasteiger partial charge in [-0.2, -0.15) is 0 Å². The van der Waals surface area contributed by atoms with E-state index < -0.39 is 0 Å². The predicted molar refractivity (Wildman–Crippen MR) is 151 cm³/mol. The van der Waals surface area contributed by atoms with Crippen LogP contribution >= 0.6 is 27.7 Å². The first-order valence-electron chi connectivity index (χ1n) is 11.6. The minimum absolute atomic E-state index is 0.238. The third-order valence-electron chi connectivity index (χ3n) is 6.40. The second-order valence-corrected chi connectivity index (χ2v) is 10.7. The molecule has 0 N–H and O–H groups in total. The zero-order valence-electron chi connectivity index (χ0n) is 19.2. The Morgan fingerprint density at radius 1 is 0.778 bits per heavy atom. The molecule has 4 nitrogen and oxygen atoms in total. The Hall–Kier alpha value is -3.61. The Kier molecular flexibility index (Phi) is 5.99. The van der Waals surface area contributed by atoms with E-state index in [0.29, 0.717) is 11.4 Å². The summed E-state index contributed by atoms with van der Waals surface area (Å²) in [6, 6.07) is 30.5. The van der Waals surface area contributed by atoms with E-state index in [4.69, 9.17) is 0 Å². The second kappa shape index (κ2) is 9.45. The number of fused-ring (bicyclic) bond motifs is 2. The lowest BCUT2D eigenvalue weighted by molar-refractivity contribution is -0.123. The van der Waals surface area contributed by atoms with Crippen LogP contribution in [-0.4, -0.2) is 20.6 Å². The highest BCUT2D eigenvalue weighted by Crippen LogP contribution is 2.35. The zero-order valence-corrected chi connectivity index (χ0v) is 21.6. The number of benzene rings is 4. The fourth-order valence-corrected chi connectivity index (χ4v) is 5.70. The van der Waals surface area contributed by atoms with Gasteiger partial charge in [0, 0.05) is 33.7 Å². The van der Waals surface area contributed by atoms with E-state index in [1.54, 1.807) is 0 Å². The fourth-order valence-electron chi connectivity index (χ4n) is 4.60. The fraction of sp³-hybridized carbons (Fsp3) is 0.0667. The highest BCUT2D eigenvalue weighted by atomic mass is 79.9. The van der Waals surface area contributed by atoms with Crippen LogP contribution in [0.1, 0.15) is 16.7 Å². The van der Waals surface area contributed by atoms with Crippen molar-refractivity contribution in [3.8, 4) is 0 Å². The molecule has 4 aromatic carbocycles. The molecule has 6 rings (SSSR count). The molecule has 1 saturated heterocycles. The summed E-state index contributed by atoms with van der Waals surface area (Å²) in [5.74, 6) is -0.247. The van der Waals surface area contributed by atoms with Gasteiger partial charge in [0.15, 0.2) is 0 Å². The number of para-hydroxylation sites is 1. The number of carbonyl (C=O) groups excluding carboxylic acids is 2. The van der Waals surface area contributed by atoms with Gasteiger partial charge in [0.05, 0.1) is 11.4 Å². The van der Waals surface area contributed by atoms with Crippen LogP contribution in [0.5, 0.6) is 0 Å². The topological polar surface area (TPSA) is 42.3 Å². The van der Waals surface area contributed by atoms with Gasteiger partial charge in [0.25, 0.3) is 11.1 Å². The summed E-state index contributed by atoms with van der Waals surface area (Å²) in [6.07, 6.45) is 3.91. The minimum Gasteiger partial charge on any atom is -0.342 e. The number of hydrogen-bond donors (Lipinski definition) is 0. The molecule has 1 aliphatic heterocycles. The molecule has 36 heavy (non-hydrogen) atoms. The van der Waals surface area contributed by atoms with Gasteiger partial charge < -0.3 is 4.57 Å². The van der Waals surface area contributed by atoms with Crippen molar-refractivity contribution in [3.63, 3.8) is 0 Å². The lowest BCUT2D eigenvalue weighted by atomic mass is 10.1. The summed E-state index contributed by atoms with van der Waals surface area (Å²) >= 11 is 4.50. The molecule has 0 spiro atoms. The van der Waals surface area contributed by atoms with Crippen molar-refractivity contribution in [3.05, 3.63) is 123 Å². The molecule has 0 bridgehead atoms. The summed E-state index contributed by atoms with van der Waals surface area (Å²) < 4.78 is 3.23. The number of hydrogen-bond acceptors (Lipinski definition) is 3. The number of rotatable bonds is 5. The maximum absolute atomic E-state index is 13.3. The summed E-state index contributed by atoms with van der Waals surface area (Å²) in [7, 11) is 0. The average molecular weight is 553 g/mol. The summed E-state index contributed by atoms with van der Waals surface area (Å²) in [4.78, 5) is 27.9. The molecule has 2 amide bonds. The lowest BCUT2D eigenvalue weighted by Gasteiger charge is -2.13. The molecule has 1 aliphatic rings. The molecular weight excluding hydrogens is 532 g/mol. The Morgan fingerprint density at radius 3 is 2.33 bits per heavy atom. The van der Waals surface area contributed by atoms with Crippen LogP contribution in [0.4, 0.5) is 4.79 Å². The Bertz CT molecular complexity index is 1670. The van der Waals surface area contributed by atoms with Gasteiger partial charge in [-0.1, -0.05) is 82.7 Å². The maximum atomic E-state index is 13.3. The van der Waals surface area contributed by atoms with E-state index in [2.05, 4.69) is 57.0 Å². The number of amides is 2. The molecule has 0 atom stereocenters. The Labute approximate surface area is 221 Å². The van der Waals surface area contributed by atoms with Gasteiger partial charge in [-0.25, -0.2) is 0 Å². The average Bonchev–Trinajstić information content (AvgIpc) is 3.37. The highest BCUT2D eigenvalue weighted by molar-refractivity contribution is 9.10. The van der Waals surface area contributed by atoms with Crippen molar-refractivity contribution in [2.45, 2.75) is 13.1 Å². The number of aromatic nitrogens is 1. The number of carbonyl (C=O) groups is 2.